The molecule has 10 heteroatoms. The second kappa shape index (κ2) is 12.9. The van der Waals surface area contributed by atoms with Crippen molar-refractivity contribution >= 4 is 40.1 Å². The molecule has 0 saturated carbocycles. The Balaban J connectivity index is 1.65. The van der Waals surface area contributed by atoms with E-state index in [1.807, 2.05) is 67.6 Å². The normalized spacial score (nSPS) is 14.6. The highest BCUT2D eigenvalue weighted by atomic mass is 32.2. The second-order valence-corrected chi connectivity index (χ2v) is 9.45. The number of carbonyl (C=O) groups is 2. The van der Waals surface area contributed by atoms with Crippen LogP contribution in [0.2, 0.25) is 0 Å². The van der Waals surface area contributed by atoms with Gasteiger partial charge in [0, 0.05) is 17.1 Å². The van der Waals surface area contributed by atoms with Crippen LogP contribution in [0, 0.1) is 0 Å². The van der Waals surface area contributed by atoms with E-state index < -0.39 is 6.04 Å². The quantitative estimate of drug-likeness (QED) is 0.347. The molecule has 3 aromatic rings. The number of allylic oxidation sites excluding steroid dienone is 1. The predicted octanol–water partition coefficient (Wildman–Crippen LogP) is 5.00. The Labute approximate surface area is 231 Å². The summed E-state index contributed by atoms with van der Waals surface area (Å²) in [5, 5.41) is 9.52. The number of hydrogen-bond acceptors (Lipinski definition) is 8. The van der Waals surface area contributed by atoms with Crippen molar-refractivity contribution in [2.75, 3.05) is 37.7 Å². The van der Waals surface area contributed by atoms with Gasteiger partial charge in [-0.1, -0.05) is 48.2 Å². The topological polar surface area (TPSA) is 110 Å². The maximum atomic E-state index is 13.5. The molecule has 202 valence electrons. The van der Waals surface area contributed by atoms with Gasteiger partial charge in [0.05, 0.1) is 32.7 Å². The molecule has 0 fully saturated rings. The molecule has 1 aliphatic heterocycles. The Kier molecular flexibility index (Phi) is 9.11. The first-order valence-electron chi connectivity index (χ1n) is 12.1. The van der Waals surface area contributed by atoms with Gasteiger partial charge in [-0.2, -0.15) is 0 Å². The SMILES string of the molecule is COc1cc([C@H]2N=C(SCC(=O)Nc3ccccc3)NC(C)=C2C(=O)Nc2ccccc2)cc(OC)c1OC. The van der Waals surface area contributed by atoms with E-state index in [-0.39, 0.29) is 17.6 Å². The molecule has 0 bridgehead atoms. The summed E-state index contributed by atoms with van der Waals surface area (Å²) >= 11 is 1.25. The number of thioether (sulfide) groups is 1. The molecule has 9 nitrogen and oxygen atoms in total. The van der Waals surface area contributed by atoms with Gasteiger partial charge in [0.25, 0.3) is 5.91 Å². The predicted molar refractivity (Wildman–Crippen MR) is 155 cm³/mol. The molecule has 0 spiro atoms. The van der Waals surface area contributed by atoms with E-state index >= 15 is 0 Å². The van der Waals surface area contributed by atoms with Crippen LogP contribution in [0.25, 0.3) is 0 Å². The number of amidine groups is 1. The van der Waals surface area contributed by atoms with Gasteiger partial charge >= 0.3 is 0 Å². The smallest absolute Gasteiger partial charge is 0.255 e. The lowest BCUT2D eigenvalue weighted by Crippen LogP contribution is -2.32. The molecular weight excluding hydrogens is 516 g/mol. The number of carbonyl (C=O) groups excluding carboxylic acids is 2. The summed E-state index contributed by atoms with van der Waals surface area (Å²) in [6.07, 6.45) is 0. The summed E-state index contributed by atoms with van der Waals surface area (Å²) in [5.74, 6) is 0.968. The minimum Gasteiger partial charge on any atom is -0.493 e. The highest BCUT2D eigenvalue weighted by Gasteiger charge is 2.31. The average molecular weight is 547 g/mol. The summed E-state index contributed by atoms with van der Waals surface area (Å²) < 4.78 is 16.6. The number of rotatable bonds is 9. The van der Waals surface area contributed by atoms with Crippen LogP contribution < -0.4 is 30.2 Å². The van der Waals surface area contributed by atoms with Gasteiger partial charge in [0.2, 0.25) is 11.7 Å². The van der Waals surface area contributed by atoms with Crippen LogP contribution in [0.5, 0.6) is 17.2 Å². The van der Waals surface area contributed by atoms with Crippen molar-refractivity contribution in [2.45, 2.75) is 13.0 Å². The van der Waals surface area contributed by atoms with Crippen LogP contribution in [-0.4, -0.2) is 44.1 Å². The second-order valence-electron chi connectivity index (χ2n) is 8.48. The third kappa shape index (κ3) is 6.71. The number of amides is 2. The number of benzene rings is 3. The van der Waals surface area contributed by atoms with Gasteiger partial charge < -0.3 is 30.2 Å². The van der Waals surface area contributed by atoms with Crippen LogP contribution in [-0.2, 0) is 9.59 Å². The molecule has 0 radical (unpaired) electrons. The Hall–Kier alpha value is -4.44. The minimum absolute atomic E-state index is 0.127. The minimum atomic E-state index is -0.705. The summed E-state index contributed by atoms with van der Waals surface area (Å²) in [7, 11) is 4.59. The summed E-state index contributed by atoms with van der Waals surface area (Å²) in [6.45, 7) is 1.81. The molecule has 0 unspecified atom stereocenters. The third-order valence-electron chi connectivity index (χ3n) is 5.89. The zero-order valence-corrected chi connectivity index (χ0v) is 22.9. The van der Waals surface area contributed by atoms with Crippen molar-refractivity contribution < 1.29 is 23.8 Å². The Morgan fingerprint density at radius 3 is 1.97 bits per heavy atom. The zero-order chi connectivity index (χ0) is 27.8. The highest BCUT2D eigenvalue weighted by molar-refractivity contribution is 8.14. The van der Waals surface area contributed by atoms with E-state index in [4.69, 9.17) is 19.2 Å². The van der Waals surface area contributed by atoms with Crippen LogP contribution in [0.15, 0.2) is 89.1 Å². The average Bonchev–Trinajstić information content (AvgIpc) is 2.95. The van der Waals surface area contributed by atoms with Gasteiger partial charge in [-0.3, -0.25) is 9.59 Å². The molecule has 0 saturated heterocycles. The van der Waals surface area contributed by atoms with Crippen molar-refractivity contribution in [1.29, 1.82) is 0 Å². The number of aliphatic imine (C=N–C) groups is 1. The first-order chi connectivity index (χ1) is 18.9. The molecule has 2 amide bonds. The van der Waals surface area contributed by atoms with Gasteiger partial charge in [-0.15, -0.1) is 0 Å². The summed E-state index contributed by atoms with van der Waals surface area (Å²) in [5.41, 5.74) is 3.07. The summed E-state index contributed by atoms with van der Waals surface area (Å²) in [6, 6.07) is 21.3. The number of nitrogens with zero attached hydrogens (tertiary/aromatic N) is 1. The molecule has 4 rings (SSSR count). The number of nitrogens with one attached hydrogen (secondary N) is 3. The third-order valence-corrected chi connectivity index (χ3v) is 6.78. The van der Waals surface area contributed by atoms with Gasteiger partial charge in [-0.25, -0.2) is 4.99 Å². The van der Waals surface area contributed by atoms with Crippen molar-refractivity contribution in [3.8, 4) is 17.2 Å². The van der Waals surface area contributed by atoms with E-state index in [1.54, 1.807) is 12.1 Å². The number of para-hydroxylation sites is 2. The molecule has 0 aromatic heterocycles. The molecule has 3 N–H and O–H groups in total. The lowest BCUT2D eigenvalue weighted by Gasteiger charge is -2.27. The molecule has 3 aromatic carbocycles. The van der Waals surface area contributed by atoms with Crippen LogP contribution in [0.3, 0.4) is 0 Å². The zero-order valence-electron chi connectivity index (χ0n) is 22.1. The standard InChI is InChI=1S/C29H30N4O5S/c1-18-25(28(35)32-21-13-9-6-10-14-21)26(19-15-22(36-2)27(38-4)23(16-19)37-3)33-29(30-18)39-17-24(34)31-20-11-7-5-8-12-20/h5-16,26H,17H2,1-4H3,(H,30,33)(H,31,34)(H,32,35)/t26-/m1/s1. The van der Waals surface area contributed by atoms with Crippen LogP contribution in [0.4, 0.5) is 11.4 Å². The number of hydrogen-bond donors (Lipinski definition) is 3. The highest BCUT2D eigenvalue weighted by Crippen LogP contribution is 2.43. The monoisotopic (exact) mass is 546 g/mol. The fourth-order valence-electron chi connectivity index (χ4n) is 4.09. The van der Waals surface area contributed by atoms with Gasteiger partial charge in [0.15, 0.2) is 16.7 Å². The van der Waals surface area contributed by atoms with Crippen LogP contribution in [0.1, 0.15) is 18.5 Å². The molecular formula is C29H30N4O5S. The maximum Gasteiger partial charge on any atom is 0.255 e. The van der Waals surface area contributed by atoms with Gasteiger partial charge in [0.1, 0.15) is 6.04 Å². The van der Waals surface area contributed by atoms with Crippen molar-refractivity contribution in [1.82, 2.24) is 5.32 Å². The van der Waals surface area contributed by atoms with E-state index in [2.05, 4.69) is 16.0 Å². The van der Waals surface area contributed by atoms with E-state index in [1.165, 1.54) is 33.1 Å². The maximum absolute atomic E-state index is 13.5. The summed E-state index contributed by atoms with van der Waals surface area (Å²) in [4.78, 5) is 30.9. The molecule has 0 aliphatic carbocycles. The van der Waals surface area contributed by atoms with Crippen LogP contribution >= 0.6 is 11.8 Å². The van der Waals surface area contributed by atoms with Crippen molar-refractivity contribution in [2.24, 2.45) is 4.99 Å². The molecule has 1 atom stereocenters. The molecule has 1 heterocycles. The van der Waals surface area contributed by atoms with E-state index in [0.29, 0.717) is 50.6 Å². The number of anilines is 2. The first-order valence-corrected chi connectivity index (χ1v) is 13.1. The Bertz CT molecular complexity index is 1370. The fraction of sp³-hybridized carbons (Fsp3) is 0.207. The van der Waals surface area contributed by atoms with E-state index in [0.717, 1.165) is 0 Å². The largest absolute Gasteiger partial charge is 0.493 e. The lowest BCUT2D eigenvalue weighted by atomic mass is 9.95. The lowest BCUT2D eigenvalue weighted by molar-refractivity contribution is -0.114. The Morgan fingerprint density at radius 2 is 1.44 bits per heavy atom. The number of methoxy groups -OCH3 is 3. The Morgan fingerprint density at radius 1 is 0.872 bits per heavy atom. The fourth-order valence-corrected chi connectivity index (χ4v) is 4.83. The number of ether oxygens (including phenoxy) is 3. The van der Waals surface area contributed by atoms with Gasteiger partial charge in [-0.05, 0) is 48.9 Å². The van der Waals surface area contributed by atoms with E-state index in [9.17, 15) is 9.59 Å². The van der Waals surface area contributed by atoms with Crippen molar-refractivity contribution in [3.05, 3.63) is 89.6 Å². The van der Waals surface area contributed by atoms with Crippen molar-refractivity contribution in [3.63, 3.8) is 0 Å². The first kappa shape index (κ1) is 27.6. The molecule has 39 heavy (non-hydrogen) atoms. The molecule has 1 aliphatic rings.